The Morgan fingerprint density at radius 3 is 2.71 bits per heavy atom. The lowest BCUT2D eigenvalue weighted by molar-refractivity contribution is -0.113. The molecule has 28 heavy (non-hydrogen) atoms. The van der Waals surface area contributed by atoms with E-state index in [-0.39, 0.29) is 11.7 Å². The quantitative estimate of drug-likeness (QED) is 0.577. The number of thioether (sulfide) groups is 1. The summed E-state index contributed by atoms with van der Waals surface area (Å²) in [7, 11) is 0. The number of carbonyl (C=O) groups is 2. The van der Waals surface area contributed by atoms with Crippen molar-refractivity contribution in [3.63, 3.8) is 0 Å². The van der Waals surface area contributed by atoms with Gasteiger partial charge in [-0.15, -0.1) is 21.5 Å². The van der Waals surface area contributed by atoms with Crippen LogP contribution in [0.15, 0.2) is 41.6 Å². The summed E-state index contributed by atoms with van der Waals surface area (Å²) in [6.07, 6.45) is 2.25. The Kier molecular flexibility index (Phi) is 5.19. The second-order valence-corrected chi connectivity index (χ2v) is 8.55. The van der Waals surface area contributed by atoms with E-state index in [4.69, 9.17) is 5.73 Å². The lowest BCUT2D eigenvalue weighted by Crippen LogP contribution is -2.18. The van der Waals surface area contributed by atoms with Gasteiger partial charge in [-0.1, -0.05) is 42.1 Å². The highest BCUT2D eigenvalue weighted by Crippen LogP contribution is 2.39. The van der Waals surface area contributed by atoms with E-state index in [1.807, 2.05) is 37.3 Å². The number of hydrogen-bond donors (Lipinski definition) is 2. The molecule has 7 nitrogen and oxygen atoms in total. The molecule has 3 aromatic rings. The van der Waals surface area contributed by atoms with Crippen molar-refractivity contribution >= 4 is 39.9 Å². The molecule has 1 saturated carbocycles. The van der Waals surface area contributed by atoms with Crippen molar-refractivity contribution in [1.82, 2.24) is 14.8 Å². The molecule has 1 aromatic carbocycles. The Morgan fingerprint density at radius 1 is 1.29 bits per heavy atom. The molecule has 2 amide bonds. The number of thiophene rings is 1. The van der Waals surface area contributed by atoms with Crippen molar-refractivity contribution in [1.29, 1.82) is 0 Å². The third-order valence-corrected chi connectivity index (χ3v) is 6.43. The molecule has 9 heteroatoms. The number of carbonyl (C=O) groups excluding carboxylic acids is 2. The van der Waals surface area contributed by atoms with E-state index in [1.54, 1.807) is 6.07 Å². The Morgan fingerprint density at radius 2 is 2.04 bits per heavy atom. The molecule has 2 heterocycles. The minimum Gasteiger partial charge on any atom is -0.366 e. The van der Waals surface area contributed by atoms with Gasteiger partial charge in [0.2, 0.25) is 5.91 Å². The summed E-state index contributed by atoms with van der Waals surface area (Å²) in [5, 5.41) is 12.3. The van der Waals surface area contributed by atoms with E-state index in [1.165, 1.54) is 23.1 Å². The number of aryl methyl sites for hydroxylation is 1. The number of benzene rings is 1. The maximum Gasteiger partial charge on any atom is 0.251 e. The first-order valence-corrected chi connectivity index (χ1v) is 10.7. The van der Waals surface area contributed by atoms with Gasteiger partial charge < -0.3 is 15.6 Å². The molecule has 0 aliphatic heterocycles. The minimum absolute atomic E-state index is 0.182. The van der Waals surface area contributed by atoms with E-state index in [0.717, 1.165) is 34.3 Å². The number of hydrogen-bond acceptors (Lipinski definition) is 6. The summed E-state index contributed by atoms with van der Waals surface area (Å²) in [5.41, 5.74) is 6.79. The monoisotopic (exact) mass is 413 g/mol. The number of rotatable bonds is 7. The highest BCUT2D eigenvalue weighted by molar-refractivity contribution is 7.99. The molecule has 144 valence electrons. The Labute approximate surface area is 170 Å². The van der Waals surface area contributed by atoms with E-state index >= 15 is 0 Å². The SMILES string of the molecule is Cc1nnc(SCC(=O)Nc2sc(-c3ccccc3)cc2C(N)=O)n1C1CC1. The van der Waals surface area contributed by atoms with Crippen LogP contribution in [0.4, 0.5) is 5.00 Å². The second kappa shape index (κ2) is 7.76. The number of nitrogens with two attached hydrogens (primary N) is 1. The first kappa shape index (κ1) is 18.7. The van der Waals surface area contributed by atoms with Gasteiger partial charge in [-0.2, -0.15) is 0 Å². The van der Waals surface area contributed by atoms with Crippen LogP contribution >= 0.6 is 23.1 Å². The summed E-state index contributed by atoms with van der Waals surface area (Å²) < 4.78 is 2.09. The molecule has 0 atom stereocenters. The molecule has 2 aromatic heterocycles. The number of amides is 2. The number of anilines is 1. The Hall–Kier alpha value is -2.65. The molecule has 1 aliphatic rings. The Bertz CT molecular complexity index is 1020. The topological polar surface area (TPSA) is 103 Å². The standard InChI is InChI=1S/C19H19N5O2S2/c1-11-22-23-19(24(11)13-7-8-13)27-10-16(25)21-18-14(17(20)26)9-15(28-18)12-5-3-2-4-6-12/h2-6,9,13H,7-8,10H2,1H3,(H2,20,26)(H,21,25). The van der Waals surface area contributed by atoms with Crippen LogP contribution in [0.25, 0.3) is 10.4 Å². The summed E-state index contributed by atoms with van der Waals surface area (Å²) in [6.45, 7) is 1.92. The highest BCUT2D eigenvalue weighted by atomic mass is 32.2. The number of nitrogens with zero attached hydrogens (tertiary/aromatic N) is 3. The van der Waals surface area contributed by atoms with Crippen LogP contribution in [0.5, 0.6) is 0 Å². The van der Waals surface area contributed by atoms with Gasteiger partial charge in [-0.3, -0.25) is 9.59 Å². The van der Waals surface area contributed by atoms with Gasteiger partial charge in [0.05, 0.1) is 11.3 Å². The third-order valence-electron chi connectivity index (χ3n) is 4.39. The lowest BCUT2D eigenvalue weighted by Gasteiger charge is -2.07. The van der Waals surface area contributed by atoms with Crippen LogP contribution < -0.4 is 11.1 Å². The zero-order valence-corrected chi connectivity index (χ0v) is 16.8. The first-order valence-electron chi connectivity index (χ1n) is 8.86. The summed E-state index contributed by atoms with van der Waals surface area (Å²) in [6, 6.07) is 11.8. The predicted molar refractivity (Wildman–Crippen MR) is 111 cm³/mol. The van der Waals surface area contributed by atoms with Crippen LogP contribution in [-0.2, 0) is 4.79 Å². The molecule has 0 radical (unpaired) electrons. The normalized spacial score (nSPS) is 13.5. The number of aromatic nitrogens is 3. The fourth-order valence-electron chi connectivity index (χ4n) is 2.91. The molecule has 1 aliphatic carbocycles. The smallest absolute Gasteiger partial charge is 0.251 e. The zero-order chi connectivity index (χ0) is 19.7. The van der Waals surface area contributed by atoms with Crippen LogP contribution in [0.1, 0.15) is 35.1 Å². The van der Waals surface area contributed by atoms with Gasteiger partial charge in [-0.05, 0) is 31.4 Å². The van der Waals surface area contributed by atoms with Crippen molar-refractivity contribution < 1.29 is 9.59 Å². The minimum atomic E-state index is -0.564. The Balaban J connectivity index is 1.47. The zero-order valence-electron chi connectivity index (χ0n) is 15.2. The predicted octanol–water partition coefficient (Wildman–Crippen LogP) is 3.48. The molecule has 4 rings (SSSR count). The van der Waals surface area contributed by atoms with Crippen molar-refractivity contribution in [2.45, 2.75) is 31.0 Å². The van der Waals surface area contributed by atoms with Crippen LogP contribution in [0.2, 0.25) is 0 Å². The molecule has 1 fully saturated rings. The van der Waals surface area contributed by atoms with Crippen molar-refractivity contribution in [3.05, 3.63) is 47.8 Å². The molecular formula is C19H19N5O2S2. The number of primary amides is 1. The van der Waals surface area contributed by atoms with Crippen molar-refractivity contribution in [2.75, 3.05) is 11.1 Å². The average molecular weight is 414 g/mol. The molecule has 3 N–H and O–H groups in total. The van der Waals surface area contributed by atoms with E-state index in [0.29, 0.717) is 16.6 Å². The molecule has 0 saturated heterocycles. The summed E-state index contributed by atoms with van der Waals surface area (Å²) >= 11 is 2.68. The van der Waals surface area contributed by atoms with Gasteiger partial charge >= 0.3 is 0 Å². The van der Waals surface area contributed by atoms with Crippen LogP contribution in [0, 0.1) is 6.92 Å². The molecule has 0 spiro atoms. The van der Waals surface area contributed by atoms with Crippen LogP contribution in [-0.4, -0.2) is 32.3 Å². The highest BCUT2D eigenvalue weighted by Gasteiger charge is 2.28. The molecule has 0 bridgehead atoms. The van der Waals surface area contributed by atoms with Gasteiger partial charge in [0.15, 0.2) is 5.16 Å². The molecular weight excluding hydrogens is 394 g/mol. The van der Waals surface area contributed by atoms with Crippen LogP contribution in [0.3, 0.4) is 0 Å². The van der Waals surface area contributed by atoms with Gasteiger partial charge in [0.25, 0.3) is 5.91 Å². The third kappa shape index (κ3) is 3.95. The fourth-order valence-corrected chi connectivity index (χ4v) is 4.84. The van der Waals surface area contributed by atoms with E-state index in [2.05, 4.69) is 20.1 Å². The van der Waals surface area contributed by atoms with E-state index in [9.17, 15) is 9.59 Å². The van der Waals surface area contributed by atoms with Crippen molar-refractivity contribution in [3.8, 4) is 10.4 Å². The molecule has 0 unspecified atom stereocenters. The first-order chi connectivity index (χ1) is 13.5. The summed E-state index contributed by atoms with van der Waals surface area (Å²) in [5.74, 6) is 0.274. The largest absolute Gasteiger partial charge is 0.366 e. The fraction of sp³-hybridized carbons (Fsp3) is 0.263. The maximum absolute atomic E-state index is 12.5. The van der Waals surface area contributed by atoms with Gasteiger partial charge in [0.1, 0.15) is 10.8 Å². The maximum atomic E-state index is 12.5. The van der Waals surface area contributed by atoms with Gasteiger partial charge in [0, 0.05) is 10.9 Å². The number of nitrogens with one attached hydrogen (secondary N) is 1. The van der Waals surface area contributed by atoms with Gasteiger partial charge in [-0.25, -0.2) is 0 Å². The summed E-state index contributed by atoms with van der Waals surface area (Å²) in [4.78, 5) is 25.2. The average Bonchev–Trinajstić information content (AvgIpc) is 3.32. The lowest BCUT2D eigenvalue weighted by atomic mass is 10.1. The van der Waals surface area contributed by atoms with Crippen molar-refractivity contribution in [2.24, 2.45) is 5.73 Å². The second-order valence-electron chi connectivity index (χ2n) is 6.55. The van der Waals surface area contributed by atoms with E-state index < -0.39 is 5.91 Å².